The van der Waals surface area contributed by atoms with Crippen LogP contribution in [0.15, 0.2) is 146 Å². The molecule has 1 aliphatic carbocycles. The maximum atomic E-state index is 2.43. The Kier molecular flexibility index (Phi) is 5.05. The van der Waals surface area contributed by atoms with E-state index >= 15 is 0 Å². The lowest BCUT2D eigenvalue weighted by atomic mass is 9.82. The molecule has 0 fully saturated rings. The summed E-state index contributed by atoms with van der Waals surface area (Å²) in [7, 11) is 0. The SMILES string of the molecule is CC1(C)c2ccccc2-c2cc(-c3cc4cc(-c5ccc6ccccc6c5)c5ccccc5c4c4ccccc34)ccc21. The zero-order chi connectivity index (χ0) is 28.7. The van der Waals surface area contributed by atoms with Crippen LogP contribution in [0, 0.1) is 0 Å². The van der Waals surface area contributed by atoms with Gasteiger partial charge in [0.25, 0.3) is 0 Å². The monoisotopic (exact) mass is 546 g/mol. The van der Waals surface area contributed by atoms with Gasteiger partial charge in [0.05, 0.1) is 0 Å². The lowest BCUT2D eigenvalue weighted by Crippen LogP contribution is -2.14. The highest BCUT2D eigenvalue weighted by atomic mass is 14.4. The molecular weight excluding hydrogens is 516 g/mol. The normalized spacial score (nSPS) is 13.5. The second-order valence-electron chi connectivity index (χ2n) is 12.5. The van der Waals surface area contributed by atoms with E-state index in [0.29, 0.717) is 0 Å². The van der Waals surface area contributed by atoms with E-state index in [9.17, 15) is 0 Å². The fraction of sp³-hybridized carbons (Fsp3) is 0.0698. The molecule has 8 aromatic rings. The highest BCUT2D eigenvalue weighted by molar-refractivity contribution is 6.26. The zero-order valence-corrected chi connectivity index (χ0v) is 24.4. The Balaban J connectivity index is 1.35. The molecule has 0 aromatic heterocycles. The molecule has 0 radical (unpaired) electrons. The average molecular weight is 547 g/mol. The van der Waals surface area contributed by atoms with E-state index in [4.69, 9.17) is 0 Å². The largest absolute Gasteiger partial charge is 0.0619 e. The first-order valence-electron chi connectivity index (χ1n) is 15.2. The van der Waals surface area contributed by atoms with Crippen molar-refractivity contribution in [2.24, 2.45) is 0 Å². The van der Waals surface area contributed by atoms with Gasteiger partial charge in [-0.2, -0.15) is 0 Å². The third-order valence-corrected chi connectivity index (χ3v) is 9.82. The fourth-order valence-electron chi connectivity index (χ4n) is 7.70. The molecule has 1 aliphatic rings. The summed E-state index contributed by atoms with van der Waals surface area (Å²) in [6, 6.07) is 54.3. The van der Waals surface area contributed by atoms with Gasteiger partial charge >= 0.3 is 0 Å². The molecule has 0 spiro atoms. The van der Waals surface area contributed by atoms with Crippen molar-refractivity contribution in [2.45, 2.75) is 19.3 Å². The van der Waals surface area contributed by atoms with Gasteiger partial charge in [-0.25, -0.2) is 0 Å². The first-order valence-corrected chi connectivity index (χ1v) is 15.2. The first kappa shape index (κ1) is 24.4. The van der Waals surface area contributed by atoms with E-state index in [1.54, 1.807) is 0 Å². The van der Waals surface area contributed by atoms with Gasteiger partial charge in [-0.3, -0.25) is 0 Å². The molecule has 0 atom stereocenters. The van der Waals surface area contributed by atoms with E-state index in [1.807, 2.05) is 0 Å². The van der Waals surface area contributed by atoms with Gasteiger partial charge in [-0.05, 0) is 112 Å². The third kappa shape index (κ3) is 3.50. The van der Waals surface area contributed by atoms with Crippen LogP contribution in [0.2, 0.25) is 0 Å². The quantitative estimate of drug-likeness (QED) is 0.189. The predicted molar refractivity (Wildman–Crippen MR) is 185 cm³/mol. The van der Waals surface area contributed by atoms with Crippen LogP contribution in [0.4, 0.5) is 0 Å². The van der Waals surface area contributed by atoms with Gasteiger partial charge in [-0.15, -0.1) is 0 Å². The van der Waals surface area contributed by atoms with Gasteiger partial charge in [0.2, 0.25) is 0 Å². The lowest BCUT2D eigenvalue weighted by Gasteiger charge is -2.21. The van der Waals surface area contributed by atoms with Crippen LogP contribution in [-0.2, 0) is 5.41 Å². The van der Waals surface area contributed by atoms with Gasteiger partial charge < -0.3 is 0 Å². The summed E-state index contributed by atoms with van der Waals surface area (Å²) in [6.45, 7) is 4.70. The van der Waals surface area contributed by atoms with Crippen LogP contribution in [0.1, 0.15) is 25.0 Å². The molecule has 0 amide bonds. The molecule has 0 saturated heterocycles. The van der Waals surface area contributed by atoms with Crippen molar-refractivity contribution in [3.8, 4) is 33.4 Å². The predicted octanol–water partition coefficient (Wildman–Crippen LogP) is 11.9. The summed E-state index contributed by atoms with van der Waals surface area (Å²) in [6.07, 6.45) is 0. The van der Waals surface area contributed by atoms with Gasteiger partial charge in [0, 0.05) is 5.41 Å². The molecule has 8 aromatic carbocycles. The van der Waals surface area contributed by atoms with Gasteiger partial charge in [0.15, 0.2) is 0 Å². The molecule has 0 heterocycles. The zero-order valence-electron chi connectivity index (χ0n) is 24.4. The summed E-state index contributed by atoms with van der Waals surface area (Å²) < 4.78 is 0. The number of fused-ring (bicyclic) bond motifs is 9. The van der Waals surface area contributed by atoms with Crippen LogP contribution in [-0.4, -0.2) is 0 Å². The molecule has 9 rings (SSSR count). The van der Waals surface area contributed by atoms with Crippen molar-refractivity contribution >= 4 is 43.1 Å². The summed E-state index contributed by atoms with van der Waals surface area (Å²) in [5.41, 5.74) is 10.6. The topological polar surface area (TPSA) is 0 Å². The second kappa shape index (κ2) is 8.90. The van der Waals surface area contributed by atoms with Crippen molar-refractivity contribution in [1.29, 1.82) is 0 Å². The van der Waals surface area contributed by atoms with Crippen molar-refractivity contribution < 1.29 is 0 Å². The Morgan fingerprint density at radius 2 is 0.884 bits per heavy atom. The van der Waals surface area contributed by atoms with Crippen LogP contribution >= 0.6 is 0 Å². The lowest BCUT2D eigenvalue weighted by molar-refractivity contribution is 0.660. The van der Waals surface area contributed by atoms with E-state index in [-0.39, 0.29) is 5.41 Å². The minimum absolute atomic E-state index is 0.00355. The Morgan fingerprint density at radius 3 is 1.60 bits per heavy atom. The minimum Gasteiger partial charge on any atom is -0.0619 e. The molecule has 0 unspecified atom stereocenters. The molecule has 0 heteroatoms. The van der Waals surface area contributed by atoms with E-state index in [2.05, 4.69) is 159 Å². The van der Waals surface area contributed by atoms with Crippen molar-refractivity contribution in [3.63, 3.8) is 0 Å². The van der Waals surface area contributed by atoms with E-state index in [1.165, 1.54) is 87.6 Å². The molecule has 0 nitrogen and oxygen atoms in total. The minimum atomic E-state index is 0.00355. The number of rotatable bonds is 2. The maximum Gasteiger partial charge on any atom is 0.0158 e. The van der Waals surface area contributed by atoms with Crippen molar-refractivity contribution in [2.75, 3.05) is 0 Å². The van der Waals surface area contributed by atoms with Crippen molar-refractivity contribution in [3.05, 3.63) is 157 Å². The fourth-order valence-corrected chi connectivity index (χ4v) is 7.70. The Hall–Kier alpha value is -5.20. The van der Waals surface area contributed by atoms with E-state index < -0.39 is 0 Å². The molecular formula is C43H30. The molecule has 0 aliphatic heterocycles. The smallest absolute Gasteiger partial charge is 0.0158 e. The first-order chi connectivity index (χ1) is 21.1. The summed E-state index contributed by atoms with van der Waals surface area (Å²) in [5, 5.41) is 10.3. The number of hydrogen-bond donors (Lipinski definition) is 0. The summed E-state index contributed by atoms with van der Waals surface area (Å²) in [4.78, 5) is 0. The average Bonchev–Trinajstić information content (AvgIpc) is 3.29. The Morgan fingerprint density at radius 1 is 0.349 bits per heavy atom. The molecule has 0 N–H and O–H groups in total. The molecule has 202 valence electrons. The van der Waals surface area contributed by atoms with Crippen LogP contribution < -0.4 is 0 Å². The molecule has 0 saturated carbocycles. The maximum absolute atomic E-state index is 2.43. The van der Waals surface area contributed by atoms with Crippen LogP contribution in [0.3, 0.4) is 0 Å². The van der Waals surface area contributed by atoms with Gasteiger partial charge in [0.1, 0.15) is 0 Å². The summed E-state index contributed by atoms with van der Waals surface area (Å²) in [5.74, 6) is 0. The Labute approximate surface area is 251 Å². The van der Waals surface area contributed by atoms with Crippen LogP contribution in [0.25, 0.3) is 76.5 Å². The third-order valence-electron chi connectivity index (χ3n) is 9.82. The highest BCUT2D eigenvalue weighted by Crippen LogP contribution is 2.50. The highest BCUT2D eigenvalue weighted by Gasteiger charge is 2.35. The standard InChI is InChI=1S/C43H30/c1-43(2)40-18-10-9-15-34(40)39-24-30(21-22-41(39)43)38-26-31-25-37(29-20-19-27-11-3-4-12-28(27)23-29)32-13-5-7-16-35(32)42(31)36-17-8-6-14-33(36)38/h3-26H,1-2H3. The number of hydrogen-bond acceptors (Lipinski definition) is 0. The van der Waals surface area contributed by atoms with Crippen LogP contribution in [0.5, 0.6) is 0 Å². The molecule has 43 heavy (non-hydrogen) atoms. The second-order valence-corrected chi connectivity index (χ2v) is 12.5. The van der Waals surface area contributed by atoms with Crippen molar-refractivity contribution in [1.82, 2.24) is 0 Å². The Bertz CT molecular complexity index is 2420. The molecule has 0 bridgehead atoms. The van der Waals surface area contributed by atoms with E-state index in [0.717, 1.165) is 0 Å². The summed E-state index contributed by atoms with van der Waals surface area (Å²) >= 11 is 0. The number of benzene rings is 8. The van der Waals surface area contributed by atoms with Gasteiger partial charge in [-0.1, -0.05) is 135 Å².